The Bertz CT molecular complexity index is 379. The van der Waals surface area contributed by atoms with Crippen molar-refractivity contribution in [3.05, 3.63) is 35.9 Å². The van der Waals surface area contributed by atoms with Crippen molar-refractivity contribution in [2.24, 2.45) is 5.73 Å². The van der Waals surface area contributed by atoms with Crippen LogP contribution < -0.4 is 5.73 Å². The van der Waals surface area contributed by atoms with Gasteiger partial charge in [0.15, 0.2) is 0 Å². The predicted molar refractivity (Wildman–Crippen MR) is 86.2 cm³/mol. The molecule has 0 aromatic heterocycles. The number of hydrogen-bond acceptors (Lipinski definition) is 4. The summed E-state index contributed by atoms with van der Waals surface area (Å²) >= 11 is 5.23. The third-order valence-corrected chi connectivity index (χ3v) is 3.49. The van der Waals surface area contributed by atoms with E-state index < -0.39 is 0 Å². The van der Waals surface area contributed by atoms with E-state index in [-0.39, 0.29) is 5.92 Å². The minimum atomic E-state index is 0.0555. The van der Waals surface area contributed by atoms with Gasteiger partial charge in [0.1, 0.15) is 0 Å². The van der Waals surface area contributed by atoms with Gasteiger partial charge in [-0.25, -0.2) is 0 Å². The average Bonchev–Trinajstić information content (AvgIpc) is 2.47. The van der Waals surface area contributed by atoms with Crippen molar-refractivity contribution in [2.75, 3.05) is 47.1 Å². The van der Waals surface area contributed by atoms with Crippen LogP contribution in [-0.2, 0) is 9.47 Å². The molecular formula is C15H24N2O2S. The summed E-state index contributed by atoms with van der Waals surface area (Å²) in [7, 11) is 3.41. The third kappa shape index (κ3) is 5.96. The Labute approximate surface area is 126 Å². The van der Waals surface area contributed by atoms with Crippen LogP contribution in [0.25, 0.3) is 0 Å². The summed E-state index contributed by atoms with van der Waals surface area (Å²) in [6.07, 6.45) is 0. The minimum Gasteiger partial charge on any atom is -0.393 e. The monoisotopic (exact) mass is 296 g/mol. The second kappa shape index (κ2) is 9.83. The van der Waals surface area contributed by atoms with E-state index in [2.05, 4.69) is 17.0 Å². The van der Waals surface area contributed by atoms with Gasteiger partial charge in [-0.1, -0.05) is 42.5 Å². The molecule has 0 heterocycles. The zero-order valence-electron chi connectivity index (χ0n) is 12.2. The van der Waals surface area contributed by atoms with Gasteiger partial charge in [0.2, 0.25) is 0 Å². The summed E-state index contributed by atoms with van der Waals surface area (Å²) in [6.45, 7) is 3.83. The first-order valence-corrected chi connectivity index (χ1v) is 7.14. The first-order valence-electron chi connectivity index (χ1n) is 6.73. The highest BCUT2D eigenvalue weighted by Gasteiger charge is 2.18. The maximum Gasteiger partial charge on any atom is 0.0816 e. The molecule has 0 aliphatic heterocycles. The Morgan fingerprint density at radius 1 is 1.15 bits per heavy atom. The Kier molecular flexibility index (Phi) is 8.37. The topological polar surface area (TPSA) is 47.7 Å². The zero-order valence-corrected chi connectivity index (χ0v) is 13.1. The van der Waals surface area contributed by atoms with E-state index >= 15 is 0 Å². The van der Waals surface area contributed by atoms with E-state index in [0.717, 1.165) is 25.2 Å². The van der Waals surface area contributed by atoms with Gasteiger partial charge >= 0.3 is 0 Å². The SMILES string of the molecule is COCCN(CCOC)CC(C(N)=S)c1ccccc1. The molecule has 1 unspecified atom stereocenters. The molecule has 1 atom stereocenters. The van der Waals surface area contributed by atoms with E-state index in [9.17, 15) is 0 Å². The maximum absolute atomic E-state index is 5.92. The van der Waals surface area contributed by atoms with Crippen LogP contribution in [0.1, 0.15) is 11.5 Å². The smallest absolute Gasteiger partial charge is 0.0816 e. The van der Waals surface area contributed by atoms with Crippen LogP contribution in [0.3, 0.4) is 0 Å². The third-order valence-electron chi connectivity index (χ3n) is 3.21. The highest BCUT2D eigenvalue weighted by Crippen LogP contribution is 2.17. The number of rotatable bonds is 10. The molecule has 20 heavy (non-hydrogen) atoms. The zero-order chi connectivity index (χ0) is 14.8. The lowest BCUT2D eigenvalue weighted by molar-refractivity contribution is 0.113. The van der Waals surface area contributed by atoms with Gasteiger partial charge in [0.25, 0.3) is 0 Å². The molecule has 0 spiro atoms. The first-order chi connectivity index (χ1) is 9.69. The fraction of sp³-hybridized carbons (Fsp3) is 0.533. The summed E-state index contributed by atoms with van der Waals surface area (Å²) in [4.78, 5) is 2.79. The summed E-state index contributed by atoms with van der Waals surface area (Å²) in [5, 5.41) is 0. The lowest BCUT2D eigenvalue weighted by Gasteiger charge is -2.27. The molecule has 0 amide bonds. The maximum atomic E-state index is 5.92. The van der Waals surface area contributed by atoms with E-state index in [4.69, 9.17) is 27.4 Å². The highest BCUT2D eigenvalue weighted by atomic mass is 32.1. The van der Waals surface area contributed by atoms with Crippen LogP contribution in [0.4, 0.5) is 0 Å². The van der Waals surface area contributed by atoms with Crippen molar-refractivity contribution in [2.45, 2.75) is 5.92 Å². The van der Waals surface area contributed by atoms with E-state index in [1.807, 2.05) is 18.2 Å². The Morgan fingerprint density at radius 3 is 2.15 bits per heavy atom. The number of nitrogens with two attached hydrogens (primary N) is 1. The molecule has 1 aromatic carbocycles. The van der Waals surface area contributed by atoms with Gasteiger partial charge in [-0.05, 0) is 5.56 Å². The number of methoxy groups -OCH3 is 2. The van der Waals surface area contributed by atoms with Crippen molar-refractivity contribution in [3.63, 3.8) is 0 Å². The molecule has 1 aromatic rings. The van der Waals surface area contributed by atoms with Crippen molar-refractivity contribution in [3.8, 4) is 0 Å². The van der Waals surface area contributed by atoms with Crippen LogP contribution in [0, 0.1) is 0 Å². The van der Waals surface area contributed by atoms with Gasteiger partial charge in [0, 0.05) is 39.8 Å². The van der Waals surface area contributed by atoms with Crippen LogP contribution in [-0.4, -0.2) is 57.0 Å². The summed E-state index contributed by atoms with van der Waals surface area (Å²) < 4.78 is 10.3. The number of benzene rings is 1. The molecule has 0 aliphatic carbocycles. The Hall–Kier alpha value is -1.01. The largest absolute Gasteiger partial charge is 0.393 e. The minimum absolute atomic E-state index is 0.0555. The molecule has 5 heteroatoms. The quantitative estimate of drug-likeness (QED) is 0.665. The van der Waals surface area contributed by atoms with Gasteiger partial charge in [0.05, 0.1) is 18.2 Å². The number of ether oxygens (including phenoxy) is 2. The van der Waals surface area contributed by atoms with Gasteiger partial charge in [-0.2, -0.15) is 0 Å². The highest BCUT2D eigenvalue weighted by molar-refractivity contribution is 7.80. The van der Waals surface area contributed by atoms with Crippen molar-refractivity contribution < 1.29 is 9.47 Å². The first kappa shape index (κ1) is 17.0. The normalized spacial score (nSPS) is 12.6. The summed E-state index contributed by atoms with van der Waals surface area (Å²) in [5.41, 5.74) is 7.07. The molecule has 0 aliphatic rings. The molecule has 0 radical (unpaired) electrons. The summed E-state index contributed by atoms with van der Waals surface area (Å²) in [5.74, 6) is 0.0555. The molecular weight excluding hydrogens is 272 g/mol. The van der Waals surface area contributed by atoms with E-state index in [0.29, 0.717) is 18.2 Å². The Balaban J connectivity index is 2.72. The molecule has 0 fully saturated rings. The van der Waals surface area contributed by atoms with Crippen LogP contribution in [0.15, 0.2) is 30.3 Å². The molecule has 0 bridgehead atoms. The van der Waals surface area contributed by atoms with Gasteiger partial charge in [-0.15, -0.1) is 0 Å². The molecule has 112 valence electrons. The number of nitrogens with zero attached hydrogens (tertiary/aromatic N) is 1. The molecule has 4 nitrogen and oxygen atoms in total. The fourth-order valence-corrected chi connectivity index (χ4v) is 2.25. The lowest BCUT2D eigenvalue weighted by atomic mass is 9.98. The lowest BCUT2D eigenvalue weighted by Crippen LogP contribution is -2.37. The standard InChI is InChI=1S/C15H24N2O2S/c1-18-10-8-17(9-11-19-2)12-14(15(16)20)13-6-4-3-5-7-13/h3-7,14H,8-12H2,1-2H3,(H2,16,20). The van der Waals surface area contributed by atoms with E-state index in [1.165, 1.54) is 0 Å². The van der Waals surface area contributed by atoms with Crippen molar-refractivity contribution in [1.82, 2.24) is 4.90 Å². The summed E-state index contributed by atoms with van der Waals surface area (Å²) in [6, 6.07) is 10.1. The fourth-order valence-electron chi connectivity index (χ4n) is 2.04. The molecule has 2 N–H and O–H groups in total. The number of hydrogen-bond donors (Lipinski definition) is 1. The van der Waals surface area contributed by atoms with Crippen LogP contribution in [0.2, 0.25) is 0 Å². The van der Waals surface area contributed by atoms with Crippen molar-refractivity contribution >= 4 is 17.2 Å². The second-order valence-corrected chi connectivity index (χ2v) is 5.12. The van der Waals surface area contributed by atoms with Crippen LogP contribution >= 0.6 is 12.2 Å². The van der Waals surface area contributed by atoms with Crippen molar-refractivity contribution in [1.29, 1.82) is 0 Å². The predicted octanol–water partition coefficient (Wildman–Crippen LogP) is 1.65. The van der Waals surface area contributed by atoms with E-state index in [1.54, 1.807) is 14.2 Å². The molecule has 0 saturated carbocycles. The number of thiocarbonyl (C=S) groups is 1. The second-order valence-electron chi connectivity index (χ2n) is 4.65. The van der Waals surface area contributed by atoms with Gasteiger partial charge in [-0.3, -0.25) is 4.90 Å². The van der Waals surface area contributed by atoms with Gasteiger partial charge < -0.3 is 15.2 Å². The average molecular weight is 296 g/mol. The van der Waals surface area contributed by atoms with Crippen LogP contribution in [0.5, 0.6) is 0 Å². The molecule has 1 rings (SSSR count). The Morgan fingerprint density at radius 2 is 1.70 bits per heavy atom. The molecule has 0 saturated heterocycles.